The van der Waals surface area contributed by atoms with E-state index in [1.807, 2.05) is 35.2 Å². The zero-order valence-corrected chi connectivity index (χ0v) is 18.6. The summed E-state index contributed by atoms with van der Waals surface area (Å²) >= 11 is 0. The molecule has 2 amide bonds. The van der Waals surface area contributed by atoms with Crippen LogP contribution < -0.4 is 5.32 Å². The van der Waals surface area contributed by atoms with E-state index in [4.69, 9.17) is 0 Å². The Hall–Kier alpha value is -2.66. The van der Waals surface area contributed by atoms with E-state index in [-0.39, 0.29) is 24.4 Å². The molecule has 0 spiro atoms. The highest BCUT2D eigenvalue weighted by molar-refractivity contribution is 5.85. The number of nitrogens with zero attached hydrogens (tertiary/aromatic N) is 2. The van der Waals surface area contributed by atoms with Crippen molar-refractivity contribution < 1.29 is 9.59 Å². The molecule has 4 rings (SSSR count). The number of fused-ring (bicyclic) bond motifs is 1. The Bertz CT molecular complexity index is 934. The van der Waals surface area contributed by atoms with E-state index in [0.717, 1.165) is 50.0 Å². The fraction of sp³-hybridized carbons (Fsp3) is 0.462. The maximum atomic E-state index is 13.6. The molecule has 2 heterocycles. The van der Waals surface area contributed by atoms with Gasteiger partial charge in [-0.1, -0.05) is 55.5 Å². The van der Waals surface area contributed by atoms with Crippen LogP contribution in [0.15, 0.2) is 48.5 Å². The van der Waals surface area contributed by atoms with Crippen LogP contribution in [-0.4, -0.2) is 47.8 Å². The van der Waals surface area contributed by atoms with E-state index < -0.39 is 0 Å². The molecule has 0 aliphatic carbocycles. The Balaban J connectivity index is 1.48. The molecule has 1 atom stereocenters. The lowest BCUT2D eigenvalue weighted by Gasteiger charge is -2.40. The topological polar surface area (TPSA) is 52.7 Å². The highest BCUT2D eigenvalue weighted by atomic mass is 16.2. The zero-order valence-electron chi connectivity index (χ0n) is 18.6. The fourth-order valence-corrected chi connectivity index (χ4v) is 4.72. The zero-order chi connectivity index (χ0) is 21.8. The molecule has 5 nitrogen and oxygen atoms in total. The third-order valence-electron chi connectivity index (χ3n) is 6.80. The van der Waals surface area contributed by atoms with Crippen LogP contribution in [0.5, 0.6) is 0 Å². The quantitative estimate of drug-likeness (QED) is 0.807. The van der Waals surface area contributed by atoms with Gasteiger partial charge >= 0.3 is 0 Å². The molecule has 2 aromatic rings. The van der Waals surface area contributed by atoms with Crippen LogP contribution >= 0.6 is 0 Å². The monoisotopic (exact) mass is 419 g/mol. The average Bonchev–Trinajstić information content (AvgIpc) is 2.78. The molecule has 0 aromatic heterocycles. The highest BCUT2D eigenvalue weighted by Crippen LogP contribution is 2.32. The first kappa shape index (κ1) is 21.6. The van der Waals surface area contributed by atoms with Crippen molar-refractivity contribution in [2.24, 2.45) is 5.92 Å². The first-order valence-electron chi connectivity index (χ1n) is 11.4. The van der Waals surface area contributed by atoms with Crippen molar-refractivity contribution in [3.63, 3.8) is 0 Å². The molecule has 1 N–H and O–H groups in total. The molecule has 2 aromatic carbocycles. The van der Waals surface area contributed by atoms with Gasteiger partial charge in [-0.3, -0.25) is 14.5 Å². The Kier molecular flexibility index (Phi) is 6.71. The number of hydrogen-bond donors (Lipinski definition) is 1. The molecule has 0 unspecified atom stereocenters. The largest absolute Gasteiger partial charge is 0.351 e. The fourth-order valence-electron chi connectivity index (χ4n) is 4.72. The molecule has 5 heteroatoms. The molecule has 1 fully saturated rings. The second kappa shape index (κ2) is 9.65. The molecule has 0 radical (unpaired) electrons. The number of benzene rings is 2. The van der Waals surface area contributed by atoms with Crippen LogP contribution in [0.25, 0.3) is 0 Å². The smallest absolute Gasteiger partial charge is 0.244 e. The van der Waals surface area contributed by atoms with Crippen molar-refractivity contribution in [2.45, 2.75) is 45.7 Å². The summed E-state index contributed by atoms with van der Waals surface area (Å²) in [6, 6.07) is 15.9. The van der Waals surface area contributed by atoms with E-state index >= 15 is 0 Å². The van der Waals surface area contributed by atoms with Crippen molar-refractivity contribution in [3.05, 3.63) is 70.8 Å². The maximum absolute atomic E-state index is 13.6. The van der Waals surface area contributed by atoms with Gasteiger partial charge in [0.2, 0.25) is 11.8 Å². The number of aryl methyl sites for hydroxylation is 1. The second-order valence-corrected chi connectivity index (χ2v) is 9.03. The maximum Gasteiger partial charge on any atom is 0.244 e. The number of carbonyl (C=O) groups is 2. The van der Waals surface area contributed by atoms with Crippen molar-refractivity contribution >= 4 is 11.8 Å². The number of likely N-dealkylation sites (tertiary alicyclic amines) is 1. The predicted molar refractivity (Wildman–Crippen MR) is 122 cm³/mol. The first-order chi connectivity index (χ1) is 15.0. The van der Waals surface area contributed by atoms with Crippen LogP contribution in [0, 0.1) is 12.8 Å². The molecule has 164 valence electrons. The lowest BCUT2D eigenvalue weighted by molar-refractivity contribution is -0.140. The summed E-state index contributed by atoms with van der Waals surface area (Å²) in [5, 5.41) is 3.05. The van der Waals surface area contributed by atoms with Crippen LogP contribution in [0.1, 0.15) is 48.1 Å². The normalized spacial score (nSPS) is 19.7. The number of amides is 2. The Morgan fingerprint density at radius 1 is 1.00 bits per heavy atom. The molecule has 31 heavy (non-hydrogen) atoms. The van der Waals surface area contributed by atoms with Gasteiger partial charge in [-0.2, -0.15) is 0 Å². The molecule has 0 saturated carbocycles. The summed E-state index contributed by atoms with van der Waals surface area (Å²) in [5.41, 5.74) is 4.57. The molecule has 1 saturated heterocycles. The Morgan fingerprint density at radius 3 is 2.48 bits per heavy atom. The van der Waals surface area contributed by atoms with Crippen LogP contribution in [-0.2, 0) is 22.6 Å². The van der Waals surface area contributed by atoms with Crippen LogP contribution in [0.3, 0.4) is 0 Å². The second-order valence-electron chi connectivity index (χ2n) is 9.03. The number of piperidine rings is 1. The first-order valence-corrected chi connectivity index (χ1v) is 11.4. The van der Waals surface area contributed by atoms with Crippen LogP contribution in [0.4, 0.5) is 0 Å². The molecular formula is C26H33N3O2. The summed E-state index contributed by atoms with van der Waals surface area (Å²) in [6.07, 6.45) is 2.97. The highest BCUT2D eigenvalue weighted by Gasteiger charge is 2.37. The standard InChI is InChI=1S/C26H33N3O2/c1-19-11-14-28(15-12-19)26(31)25-23-10-6-5-8-21(23)13-16-29(25)18-24(30)27-17-22-9-4-3-7-20(22)2/h3-10,19,25H,11-18H2,1-2H3,(H,27,30)/t25-/m0/s1. The molecule has 2 aliphatic rings. The minimum Gasteiger partial charge on any atom is -0.351 e. The van der Waals surface area contributed by atoms with Crippen molar-refractivity contribution in [1.82, 2.24) is 15.1 Å². The predicted octanol–water partition coefficient (Wildman–Crippen LogP) is 3.47. The average molecular weight is 420 g/mol. The van der Waals surface area contributed by atoms with E-state index in [1.165, 1.54) is 11.1 Å². The van der Waals surface area contributed by atoms with Crippen LogP contribution in [0.2, 0.25) is 0 Å². The minimum absolute atomic E-state index is 0.0345. The summed E-state index contributed by atoms with van der Waals surface area (Å²) < 4.78 is 0. The SMILES string of the molecule is Cc1ccccc1CNC(=O)CN1CCc2ccccc2[C@H]1C(=O)N1CCC(C)CC1. The van der Waals surface area contributed by atoms with Gasteiger partial charge in [-0.25, -0.2) is 0 Å². The van der Waals surface area contributed by atoms with Gasteiger partial charge in [0.15, 0.2) is 0 Å². The summed E-state index contributed by atoms with van der Waals surface area (Å²) in [5.74, 6) is 0.782. The Morgan fingerprint density at radius 2 is 1.71 bits per heavy atom. The van der Waals surface area contributed by atoms with Gasteiger partial charge in [0.1, 0.15) is 6.04 Å². The third kappa shape index (κ3) is 4.99. The number of nitrogens with one attached hydrogen (secondary N) is 1. The van der Waals surface area contributed by atoms with Gasteiger partial charge in [-0.15, -0.1) is 0 Å². The van der Waals surface area contributed by atoms with Gasteiger partial charge < -0.3 is 10.2 Å². The lowest BCUT2D eigenvalue weighted by atomic mass is 9.90. The van der Waals surface area contributed by atoms with Gasteiger partial charge in [0.25, 0.3) is 0 Å². The van der Waals surface area contributed by atoms with Gasteiger partial charge in [0, 0.05) is 26.2 Å². The van der Waals surface area contributed by atoms with Gasteiger partial charge in [-0.05, 0) is 54.4 Å². The molecule has 0 bridgehead atoms. The third-order valence-corrected chi connectivity index (χ3v) is 6.80. The van der Waals surface area contributed by atoms with Crippen molar-refractivity contribution in [1.29, 1.82) is 0 Å². The molecular weight excluding hydrogens is 386 g/mol. The van der Waals surface area contributed by atoms with Gasteiger partial charge in [0.05, 0.1) is 6.54 Å². The molecule has 2 aliphatic heterocycles. The summed E-state index contributed by atoms with van der Waals surface area (Å²) in [7, 11) is 0. The number of carbonyl (C=O) groups excluding carboxylic acids is 2. The van der Waals surface area contributed by atoms with E-state index in [0.29, 0.717) is 12.5 Å². The lowest BCUT2D eigenvalue weighted by Crippen LogP contribution is -2.50. The number of rotatable bonds is 5. The number of hydrogen-bond acceptors (Lipinski definition) is 3. The van der Waals surface area contributed by atoms with E-state index in [1.54, 1.807) is 0 Å². The summed E-state index contributed by atoms with van der Waals surface area (Å²) in [4.78, 5) is 30.5. The summed E-state index contributed by atoms with van der Waals surface area (Å²) in [6.45, 7) is 7.40. The van der Waals surface area contributed by atoms with E-state index in [9.17, 15) is 9.59 Å². The van der Waals surface area contributed by atoms with E-state index in [2.05, 4.69) is 42.3 Å². The van der Waals surface area contributed by atoms with Crippen molar-refractivity contribution in [3.8, 4) is 0 Å². The van der Waals surface area contributed by atoms with Crippen molar-refractivity contribution in [2.75, 3.05) is 26.2 Å². The minimum atomic E-state index is -0.373. The Labute approximate surface area is 185 Å².